The summed E-state index contributed by atoms with van der Waals surface area (Å²) in [6.45, 7) is 0.993. The van der Waals surface area contributed by atoms with E-state index in [1.807, 2.05) is 48.5 Å². The first-order chi connectivity index (χ1) is 16.2. The standard InChI is InChI=1S/C26H24F3NO4/c1-15-10-11-16(12-22(15)26(27,28)29)24(32)23(31)13-30-25(33)34-14-21-19-8-4-2-6-17(19)18-7-3-5-9-20(18)21/h2-12,21,23-24,31-32H,13-14H2,1H3,(H,30,33). The maximum Gasteiger partial charge on any atom is 0.416 e. The zero-order valence-electron chi connectivity index (χ0n) is 18.3. The molecular weight excluding hydrogens is 447 g/mol. The largest absolute Gasteiger partial charge is 0.449 e. The molecule has 3 aromatic carbocycles. The van der Waals surface area contributed by atoms with Crippen molar-refractivity contribution in [1.82, 2.24) is 5.32 Å². The molecule has 34 heavy (non-hydrogen) atoms. The van der Waals surface area contributed by atoms with Crippen LogP contribution in [0, 0.1) is 6.92 Å². The highest BCUT2D eigenvalue weighted by Gasteiger charge is 2.34. The lowest BCUT2D eigenvalue weighted by Crippen LogP contribution is -2.36. The molecule has 8 heteroatoms. The van der Waals surface area contributed by atoms with E-state index in [1.165, 1.54) is 19.1 Å². The molecule has 0 radical (unpaired) electrons. The molecule has 0 bridgehead atoms. The van der Waals surface area contributed by atoms with Gasteiger partial charge in [-0.25, -0.2) is 4.79 Å². The summed E-state index contributed by atoms with van der Waals surface area (Å²) in [6.07, 6.45) is -8.52. The number of halogens is 3. The second-order valence-electron chi connectivity index (χ2n) is 8.29. The number of carbonyl (C=O) groups excluding carboxylic acids is 1. The molecule has 5 nitrogen and oxygen atoms in total. The minimum absolute atomic E-state index is 0.00898. The van der Waals surface area contributed by atoms with Crippen LogP contribution in [0.3, 0.4) is 0 Å². The van der Waals surface area contributed by atoms with Gasteiger partial charge in [-0.1, -0.05) is 60.7 Å². The number of carbonyl (C=O) groups is 1. The molecule has 3 aromatic rings. The van der Waals surface area contributed by atoms with Crippen LogP contribution < -0.4 is 5.32 Å². The molecule has 0 saturated heterocycles. The third kappa shape index (κ3) is 4.78. The number of aliphatic hydroxyl groups excluding tert-OH is 2. The van der Waals surface area contributed by atoms with Crippen molar-refractivity contribution in [2.24, 2.45) is 0 Å². The Morgan fingerprint density at radius 2 is 1.59 bits per heavy atom. The molecule has 0 aliphatic heterocycles. The maximum atomic E-state index is 13.1. The SMILES string of the molecule is Cc1ccc(C(O)C(O)CNC(=O)OCC2c3ccccc3-c3ccccc32)cc1C(F)(F)F. The average molecular weight is 471 g/mol. The number of amides is 1. The monoisotopic (exact) mass is 471 g/mol. The van der Waals surface area contributed by atoms with E-state index in [0.29, 0.717) is 0 Å². The van der Waals surface area contributed by atoms with Gasteiger partial charge >= 0.3 is 12.3 Å². The molecule has 0 heterocycles. The van der Waals surface area contributed by atoms with Crippen LogP contribution in [0.5, 0.6) is 0 Å². The predicted octanol–water partition coefficient (Wildman–Crippen LogP) is 4.95. The maximum absolute atomic E-state index is 13.1. The summed E-state index contributed by atoms with van der Waals surface area (Å²) in [5.41, 5.74) is 3.29. The molecule has 0 fully saturated rings. The van der Waals surface area contributed by atoms with Crippen LogP contribution >= 0.6 is 0 Å². The predicted molar refractivity (Wildman–Crippen MR) is 120 cm³/mol. The normalized spacial score (nSPS) is 14.8. The van der Waals surface area contributed by atoms with Gasteiger partial charge in [-0.3, -0.25) is 0 Å². The Labute approximate surface area is 194 Å². The van der Waals surface area contributed by atoms with Crippen LogP contribution in [0.4, 0.5) is 18.0 Å². The summed E-state index contributed by atoms with van der Waals surface area (Å²) in [6, 6.07) is 19.1. The van der Waals surface area contributed by atoms with E-state index in [2.05, 4.69) is 5.32 Å². The Kier molecular flexibility index (Phi) is 6.63. The van der Waals surface area contributed by atoms with Crippen LogP contribution in [0.15, 0.2) is 66.7 Å². The van der Waals surface area contributed by atoms with Crippen molar-refractivity contribution in [3.63, 3.8) is 0 Å². The third-order valence-electron chi connectivity index (χ3n) is 6.07. The number of hydrogen-bond acceptors (Lipinski definition) is 4. The van der Waals surface area contributed by atoms with Crippen molar-refractivity contribution in [2.45, 2.75) is 31.2 Å². The molecule has 4 rings (SSSR count). The highest BCUT2D eigenvalue weighted by Crippen LogP contribution is 2.44. The van der Waals surface area contributed by atoms with Gasteiger partial charge in [0.15, 0.2) is 0 Å². The number of hydrogen-bond donors (Lipinski definition) is 3. The van der Waals surface area contributed by atoms with Gasteiger partial charge in [-0.05, 0) is 46.4 Å². The highest BCUT2D eigenvalue weighted by atomic mass is 19.4. The van der Waals surface area contributed by atoms with E-state index < -0.39 is 36.6 Å². The topological polar surface area (TPSA) is 78.8 Å². The first-order valence-electron chi connectivity index (χ1n) is 10.8. The van der Waals surface area contributed by atoms with E-state index in [-0.39, 0.29) is 23.7 Å². The molecule has 2 unspecified atom stereocenters. The zero-order valence-corrected chi connectivity index (χ0v) is 18.3. The molecule has 1 amide bonds. The van der Waals surface area contributed by atoms with Crippen molar-refractivity contribution >= 4 is 6.09 Å². The number of rotatable bonds is 6. The van der Waals surface area contributed by atoms with Crippen LogP contribution in [0.2, 0.25) is 0 Å². The van der Waals surface area contributed by atoms with Crippen molar-refractivity contribution < 1.29 is 32.9 Å². The Morgan fingerprint density at radius 1 is 1.00 bits per heavy atom. The molecule has 0 aromatic heterocycles. The molecule has 1 aliphatic rings. The Hall–Kier alpha value is -3.36. The fourth-order valence-electron chi connectivity index (χ4n) is 4.30. The summed E-state index contributed by atoms with van der Waals surface area (Å²) in [7, 11) is 0. The summed E-state index contributed by atoms with van der Waals surface area (Å²) >= 11 is 0. The van der Waals surface area contributed by atoms with Gasteiger partial charge in [-0.15, -0.1) is 0 Å². The Balaban J connectivity index is 1.35. The van der Waals surface area contributed by atoms with Crippen molar-refractivity contribution in [2.75, 3.05) is 13.2 Å². The van der Waals surface area contributed by atoms with Gasteiger partial charge in [-0.2, -0.15) is 13.2 Å². The van der Waals surface area contributed by atoms with Gasteiger partial charge in [0.05, 0.1) is 5.56 Å². The lowest BCUT2D eigenvalue weighted by atomic mass is 9.98. The van der Waals surface area contributed by atoms with Crippen molar-refractivity contribution in [3.05, 3.63) is 94.5 Å². The Bertz CT molecular complexity index is 1150. The number of nitrogens with one attached hydrogen (secondary N) is 1. The molecule has 0 spiro atoms. The average Bonchev–Trinajstić information content (AvgIpc) is 3.14. The van der Waals surface area contributed by atoms with E-state index in [1.54, 1.807) is 0 Å². The second-order valence-corrected chi connectivity index (χ2v) is 8.29. The lowest BCUT2D eigenvalue weighted by molar-refractivity contribution is -0.138. The van der Waals surface area contributed by atoms with E-state index in [9.17, 15) is 28.2 Å². The molecule has 1 aliphatic carbocycles. The number of benzene rings is 3. The van der Waals surface area contributed by atoms with Crippen molar-refractivity contribution in [1.29, 1.82) is 0 Å². The fourth-order valence-corrected chi connectivity index (χ4v) is 4.30. The second kappa shape index (κ2) is 9.48. The fraction of sp³-hybridized carbons (Fsp3) is 0.269. The minimum Gasteiger partial charge on any atom is -0.449 e. The first-order valence-corrected chi connectivity index (χ1v) is 10.8. The molecule has 3 N–H and O–H groups in total. The summed E-state index contributed by atoms with van der Waals surface area (Å²) < 4.78 is 44.7. The van der Waals surface area contributed by atoms with Gasteiger partial charge < -0.3 is 20.3 Å². The minimum atomic E-state index is -4.58. The van der Waals surface area contributed by atoms with Gasteiger partial charge in [0.2, 0.25) is 0 Å². The Morgan fingerprint density at radius 3 is 2.18 bits per heavy atom. The quantitative estimate of drug-likeness (QED) is 0.476. The van der Waals surface area contributed by atoms with Gasteiger partial charge in [0.1, 0.15) is 18.8 Å². The van der Waals surface area contributed by atoms with Gasteiger partial charge in [0.25, 0.3) is 0 Å². The van der Waals surface area contributed by atoms with Crippen LogP contribution in [-0.4, -0.2) is 35.6 Å². The number of aryl methyl sites for hydroxylation is 1. The summed E-state index contributed by atoms with van der Waals surface area (Å²) in [4.78, 5) is 12.2. The number of alkyl carbamates (subject to hydrolysis) is 1. The van der Waals surface area contributed by atoms with E-state index in [0.717, 1.165) is 28.3 Å². The molecular formula is C26H24F3NO4. The first kappa shape index (κ1) is 23.8. The number of aliphatic hydroxyl groups is 2. The van der Waals surface area contributed by atoms with Gasteiger partial charge in [0, 0.05) is 12.5 Å². The van der Waals surface area contributed by atoms with Crippen molar-refractivity contribution in [3.8, 4) is 11.1 Å². The third-order valence-corrected chi connectivity index (χ3v) is 6.07. The van der Waals surface area contributed by atoms with Crippen LogP contribution in [0.1, 0.15) is 39.8 Å². The summed E-state index contributed by atoms with van der Waals surface area (Å²) in [5.74, 6) is -0.137. The molecule has 178 valence electrons. The van der Waals surface area contributed by atoms with E-state index in [4.69, 9.17) is 4.74 Å². The lowest BCUT2D eigenvalue weighted by Gasteiger charge is -2.21. The molecule has 0 saturated carbocycles. The number of ether oxygens (including phenoxy) is 1. The smallest absolute Gasteiger partial charge is 0.416 e. The molecule has 2 atom stereocenters. The van der Waals surface area contributed by atoms with Crippen LogP contribution in [-0.2, 0) is 10.9 Å². The van der Waals surface area contributed by atoms with Crippen LogP contribution in [0.25, 0.3) is 11.1 Å². The zero-order chi connectivity index (χ0) is 24.5. The highest BCUT2D eigenvalue weighted by molar-refractivity contribution is 5.79. The summed E-state index contributed by atoms with van der Waals surface area (Å²) in [5, 5.41) is 22.9. The number of fused-ring (bicyclic) bond motifs is 3. The van der Waals surface area contributed by atoms with E-state index >= 15 is 0 Å². The number of alkyl halides is 3.